The van der Waals surface area contributed by atoms with Gasteiger partial charge in [-0.25, -0.2) is 9.98 Å². The van der Waals surface area contributed by atoms with E-state index in [1.54, 1.807) is 29.0 Å². The van der Waals surface area contributed by atoms with Gasteiger partial charge in [0.15, 0.2) is 5.96 Å². The van der Waals surface area contributed by atoms with Crippen LogP contribution in [0.3, 0.4) is 0 Å². The summed E-state index contributed by atoms with van der Waals surface area (Å²) < 4.78 is 35.7. The molecule has 0 radical (unpaired) electrons. The Morgan fingerprint density at radius 2 is 2.07 bits per heavy atom. The van der Waals surface area contributed by atoms with E-state index < -0.39 is 6.61 Å². The Bertz CT molecular complexity index is 774. The van der Waals surface area contributed by atoms with E-state index in [2.05, 4.69) is 25.3 Å². The molecule has 2 aromatic rings. The van der Waals surface area contributed by atoms with Crippen molar-refractivity contribution >= 4 is 41.3 Å². The highest BCUT2D eigenvalue weighted by Gasteiger charge is 2.12. The van der Waals surface area contributed by atoms with Crippen molar-refractivity contribution in [3.05, 3.63) is 39.8 Å². The molecule has 0 aliphatic carbocycles. The zero-order valence-electron chi connectivity index (χ0n) is 16.7. The molecule has 1 heterocycles. The highest BCUT2D eigenvalue weighted by molar-refractivity contribution is 14.0. The predicted molar refractivity (Wildman–Crippen MR) is 123 cm³/mol. The first-order valence-electron chi connectivity index (χ1n) is 9.15. The number of ether oxygens (including phenoxy) is 2. The molecule has 6 nitrogen and oxygen atoms in total. The van der Waals surface area contributed by atoms with Crippen LogP contribution in [-0.2, 0) is 13.1 Å². The quantitative estimate of drug-likeness (QED) is 0.260. The molecule has 162 valence electrons. The summed E-state index contributed by atoms with van der Waals surface area (Å²) in [4.78, 5) is 9.82. The van der Waals surface area contributed by atoms with Gasteiger partial charge in [0.25, 0.3) is 0 Å². The number of hydrogen-bond donors (Lipinski definition) is 2. The van der Waals surface area contributed by atoms with E-state index in [0.717, 1.165) is 17.0 Å². The third kappa shape index (κ3) is 8.69. The molecular weight excluding hydrogens is 513 g/mol. The van der Waals surface area contributed by atoms with Crippen LogP contribution < -0.4 is 20.1 Å². The van der Waals surface area contributed by atoms with Crippen molar-refractivity contribution in [2.45, 2.75) is 46.9 Å². The Morgan fingerprint density at radius 1 is 1.28 bits per heavy atom. The zero-order chi connectivity index (χ0) is 20.4. The molecule has 10 heteroatoms. The Morgan fingerprint density at radius 3 is 2.69 bits per heavy atom. The van der Waals surface area contributed by atoms with E-state index in [4.69, 9.17) is 4.74 Å². The average Bonchev–Trinajstić information content (AvgIpc) is 3.07. The first-order chi connectivity index (χ1) is 13.5. The van der Waals surface area contributed by atoms with E-state index in [9.17, 15) is 8.78 Å². The lowest BCUT2D eigenvalue weighted by molar-refractivity contribution is -0.0505. The summed E-state index contributed by atoms with van der Waals surface area (Å²) in [6.07, 6.45) is 0.827. The van der Waals surface area contributed by atoms with Crippen LogP contribution in [0.1, 0.15) is 36.4 Å². The Kier molecular flexibility index (Phi) is 11.8. The third-order valence-electron chi connectivity index (χ3n) is 3.74. The van der Waals surface area contributed by atoms with Crippen molar-refractivity contribution in [1.82, 2.24) is 15.6 Å². The van der Waals surface area contributed by atoms with Gasteiger partial charge in [0.2, 0.25) is 0 Å². The van der Waals surface area contributed by atoms with Gasteiger partial charge in [-0.3, -0.25) is 0 Å². The highest BCUT2D eigenvalue weighted by atomic mass is 127. The van der Waals surface area contributed by atoms with Crippen LogP contribution in [0.5, 0.6) is 11.5 Å². The smallest absolute Gasteiger partial charge is 0.387 e. The van der Waals surface area contributed by atoms with Gasteiger partial charge >= 0.3 is 6.61 Å². The molecule has 0 bridgehead atoms. The van der Waals surface area contributed by atoms with Crippen molar-refractivity contribution in [2.24, 2.45) is 4.99 Å². The average molecular weight is 540 g/mol. The summed E-state index contributed by atoms with van der Waals surface area (Å²) in [7, 11) is 0. The molecule has 0 aliphatic rings. The molecule has 2 N–H and O–H groups in total. The summed E-state index contributed by atoms with van der Waals surface area (Å²) in [6, 6.07) is 4.91. The minimum Gasteiger partial charge on any atom is -0.493 e. The van der Waals surface area contributed by atoms with Gasteiger partial charge in [-0.2, -0.15) is 8.78 Å². The van der Waals surface area contributed by atoms with Crippen LogP contribution in [-0.4, -0.2) is 30.7 Å². The third-order valence-corrected chi connectivity index (χ3v) is 4.68. The number of aryl methyl sites for hydroxylation is 1. The molecule has 0 aliphatic heterocycles. The first kappa shape index (κ1) is 25.3. The number of nitrogens with one attached hydrogen (secondary N) is 2. The molecule has 0 atom stereocenters. The van der Waals surface area contributed by atoms with E-state index >= 15 is 0 Å². The number of hydrogen-bond acceptors (Lipinski definition) is 5. The number of nitrogens with zero attached hydrogens (tertiary/aromatic N) is 2. The van der Waals surface area contributed by atoms with Gasteiger partial charge in [0, 0.05) is 23.1 Å². The van der Waals surface area contributed by atoms with Crippen molar-refractivity contribution in [2.75, 3.05) is 13.2 Å². The number of guanidine groups is 1. The lowest BCUT2D eigenvalue weighted by atomic mass is 10.2. The van der Waals surface area contributed by atoms with E-state index in [1.807, 2.05) is 20.8 Å². The van der Waals surface area contributed by atoms with Gasteiger partial charge in [-0.1, -0.05) is 6.92 Å². The molecule has 0 fully saturated rings. The normalized spacial score (nSPS) is 11.2. The minimum atomic E-state index is -2.91. The Balaban J connectivity index is 0.00000420. The maximum atomic E-state index is 12.8. The Hall–Kier alpha value is -1.69. The van der Waals surface area contributed by atoms with Gasteiger partial charge in [0.1, 0.15) is 11.5 Å². The van der Waals surface area contributed by atoms with Gasteiger partial charge in [0.05, 0.1) is 30.9 Å². The van der Waals surface area contributed by atoms with E-state index in [1.165, 1.54) is 6.07 Å². The number of halogens is 3. The lowest BCUT2D eigenvalue weighted by Crippen LogP contribution is -2.36. The molecule has 0 unspecified atom stereocenters. The topological polar surface area (TPSA) is 67.8 Å². The summed E-state index contributed by atoms with van der Waals surface area (Å²) in [6.45, 7) is 4.94. The predicted octanol–water partition coefficient (Wildman–Crippen LogP) is 4.72. The minimum absolute atomic E-state index is 0. The van der Waals surface area contributed by atoms with Crippen molar-refractivity contribution in [1.29, 1.82) is 0 Å². The fourth-order valence-corrected chi connectivity index (χ4v) is 3.06. The molecule has 1 aromatic heterocycles. The second kappa shape index (κ2) is 13.5. The van der Waals surface area contributed by atoms with E-state index in [0.29, 0.717) is 37.0 Å². The van der Waals surface area contributed by atoms with Crippen LogP contribution in [0.25, 0.3) is 0 Å². The lowest BCUT2D eigenvalue weighted by Gasteiger charge is -2.14. The maximum absolute atomic E-state index is 12.8. The summed E-state index contributed by atoms with van der Waals surface area (Å²) >= 11 is 1.57. The van der Waals surface area contributed by atoms with E-state index in [-0.39, 0.29) is 36.3 Å². The van der Waals surface area contributed by atoms with Crippen LogP contribution >= 0.6 is 35.3 Å². The summed E-state index contributed by atoms with van der Waals surface area (Å²) in [5.41, 5.74) is 3.32. The number of benzene rings is 1. The van der Waals surface area contributed by atoms with Gasteiger partial charge < -0.3 is 20.1 Å². The largest absolute Gasteiger partial charge is 0.493 e. The molecule has 0 saturated carbocycles. The van der Waals surface area contributed by atoms with Gasteiger partial charge in [-0.05, 0) is 32.4 Å². The maximum Gasteiger partial charge on any atom is 0.387 e. The fourth-order valence-electron chi connectivity index (χ4n) is 2.35. The Labute approximate surface area is 191 Å². The van der Waals surface area contributed by atoms with Crippen molar-refractivity contribution < 1.29 is 18.3 Å². The summed E-state index contributed by atoms with van der Waals surface area (Å²) in [5.74, 6) is 1.15. The SMILES string of the molecule is CCCOc1ccc(CN=C(NCC)NCc2scnc2C)c(OC(F)F)c1.I. The molecule has 29 heavy (non-hydrogen) atoms. The van der Waals surface area contributed by atoms with Crippen LogP contribution in [0.2, 0.25) is 0 Å². The molecule has 0 amide bonds. The molecule has 2 rings (SSSR count). The van der Waals surface area contributed by atoms with Crippen molar-refractivity contribution in [3.8, 4) is 11.5 Å². The number of rotatable bonds is 10. The monoisotopic (exact) mass is 540 g/mol. The number of aromatic nitrogens is 1. The number of aliphatic imine (C=N–C) groups is 1. The number of thiazole rings is 1. The molecule has 1 aromatic carbocycles. The summed E-state index contributed by atoms with van der Waals surface area (Å²) in [5, 5.41) is 6.37. The standard InChI is InChI=1S/C19H26F2N4O2S.HI/c1-4-8-26-15-7-6-14(16(9-15)27-18(20)21)10-23-19(22-5-2)24-11-17-13(3)25-12-28-17;/h6-7,9,12,18H,4-5,8,10-11H2,1-3H3,(H2,22,23,24);1H. The van der Waals surface area contributed by atoms with Crippen LogP contribution in [0.15, 0.2) is 28.7 Å². The molecule has 0 spiro atoms. The first-order valence-corrected chi connectivity index (χ1v) is 10.0. The van der Waals surface area contributed by atoms with Crippen LogP contribution in [0, 0.1) is 6.92 Å². The zero-order valence-corrected chi connectivity index (χ0v) is 19.9. The molecular formula is C19H27F2IN4O2S. The number of alkyl halides is 2. The highest BCUT2D eigenvalue weighted by Crippen LogP contribution is 2.27. The second-order valence-corrected chi connectivity index (χ2v) is 6.85. The van der Waals surface area contributed by atoms with Gasteiger partial charge in [-0.15, -0.1) is 35.3 Å². The van der Waals surface area contributed by atoms with Crippen molar-refractivity contribution in [3.63, 3.8) is 0 Å². The fraction of sp³-hybridized carbons (Fsp3) is 0.474. The molecule has 0 saturated heterocycles. The second-order valence-electron chi connectivity index (χ2n) is 5.91. The van der Waals surface area contributed by atoms with Crippen LogP contribution in [0.4, 0.5) is 8.78 Å².